The minimum absolute atomic E-state index is 0.696. The predicted molar refractivity (Wildman–Crippen MR) is 85.1 cm³/mol. The van der Waals surface area contributed by atoms with Gasteiger partial charge in [0.25, 0.3) is 0 Å². The van der Waals surface area contributed by atoms with E-state index in [0.717, 1.165) is 17.8 Å². The molecule has 0 aromatic heterocycles. The van der Waals surface area contributed by atoms with Crippen LogP contribution in [0.5, 0.6) is 0 Å². The van der Waals surface area contributed by atoms with Crippen LogP contribution in [0.1, 0.15) is 75.0 Å². The fraction of sp³-hybridized carbons (Fsp3) is 0.700. The Morgan fingerprint density at radius 2 is 2.05 bits per heavy atom. The molecule has 0 saturated heterocycles. The maximum Gasteiger partial charge on any atom is -0.0128 e. The van der Waals surface area contributed by atoms with E-state index in [2.05, 4.69) is 32.0 Å². The highest BCUT2D eigenvalue weighted by molar-refractivity contribution is 5.38. The molecule has 2 saturated carbocycles. The van der Waals surface area contributed by atoms with Crippen molar-refractivity contribution in [1.29, 1.82) is 0 Å². The minimum Gasteiger partial charge on any atom is -0.0613 e. The zero-order valence-corrected chi connectivity index (χ0v) is 13.1. The summed E-state index contributed by atoms with van der Waals surface area (Å²) in [5.74, 6) is 2.91. The number of hydrogen-bond acceptors (Lipinski definition) is 0. The van der Waals surface area contributed by atoms with Gasteiger partial charge in [0, 0.05) is 0 Å². The Labute approximate surface area is 124 Å². The summed E-state index contributed by atoms with van der Waals surface area (Å²) in [5.41, 5.74) is 5.64. The molecule has 3 aliphatic rings. The van der Waals surface area contributed by atoms with Crippen molar-refractivity contribution in [2.75, 3.05) is 0 Å². The molecule has 0 spiro atoms. The first-order chi connectivity index (χ1) is 9.71. The van der Waals surface area contributed by atoms with Crippen LogP contribution >= 0.6 is 0 Å². The Morgan fingerprint density at radius 3 is 2.90 bits per heavy atom. The quantitative estimate of drug-likeness (QED) is 0.631. The van der Waals surface area contributed by atoms with E-state index in [-0.39, 0.29) is 0 Å². The average Bonchev–Trinajstić information content (AvgIpc) is 2.88. The molecule has 108 valence electrons. The maximum absolute atomic E-state index is 2.59. The molecule has 0 heterocycles. The summed E-state index contributed by atoms with van der Waals surface area (Å²) in [6.45, 7) is 4.87. The van der Waals surface area contributed by atoms with Gasteiger partial charge in [0.15, 0.2) is 0 Å². The number of benzene rings is 1. The van der Waals surface area contributed by atoms with Gasteiger partial charge in [0.1, 0.15) is 0 Å². The molecule has 1 aromatic carbocycles. The lowest BCUT2D eigenvalue weighted by molar-refractivity contribution is 0.0598. The third kappa shape index (κ3) is 1.80. The molecule has 0 aliphatic heterocycles. The van der Waals surface area contributed by atoms with Crippen LogP contribution in [0, 0.1) is 17.3 Å². The van der Waals surface area contributed by atoms with Gasteiger partial charge in [-0.15, -0.1) is 0 Å². The number of rotatable bonds is 1. The van der Waals surface area contributed by atoms with Crippen molar-refractivity contribution >= 4 is 0 Å². The summed E-state index contributed by atoms with van der Waals surface area (Å²) in [7, 11) is 0. The molecule has 0 nitrogen and oxygen atoms in total. The zero-order valence-electron chi connectivity index (χ0n) is 13.1. The highest BCUT2D eigenvalue weighted by Crippen LogP contribution is 2.60. The Morgan fingerprint density at radius 1 is 1.15 bits per heavy atom. The molecule has 0 heteroatoms. The molecule has 2 fully saturated rings. The van der Waals surface area contributed by atoms with Crippen molar-refractivity contribution < 1.29 is 0 Å². The topological polar surface area (TPSA) is 0 Å². The van der Waals surface area contributed by atoms with Gasteiger partial charge in [0.05, 0.1) is 0 Å². The maximum atomic E-state index is 2.59. The van der Waals surface area contributed by atoms with Gasteiger partial charge < -0.3 is 0 Å². The summed E-state index contributed by atoms with van der Waals surface area (Å²) in [6.07, 6.45) is 11.4. The lowest BCUT2D eigenvalue weighted by Gasteiger charge is -2.49. The lowest BCUT2D eigenvalue weighted by atomic mass is 9.56. The van der Waals surface area contributed by atoms with Crippen LogP contribution in [0.15, 0.2) is 18.2 Å². The van der Waals surface area contributed by atoms with Crippen LogP contribution in [0.4, 0.5) is 0 Å². The van der Waals surface area contributed by atoms with Crippen molar-refractivity contribution in [3.63, 3.8) is 0 Å². The summed E-state index contributed by atoms with van der Waals surface area (Å²) < 4.78 is 0. The van der Waals surface area contributed by atoms with E-state index in [9.17, 15) is 0 Å². The summed E-state index contributed by atoms with van der Waals surface area (Å²) >= 11 is 0. The zero-order chi connectivity index (χ0) is 13.7. The molecule has 0 bridgehead atoms. The van der Waals surface area contributed by atoms with E-state index in [1.165, 1.54) is 56.9 Å². The van der Waals surface area contributed by atoms with Crippen molar-refractivity contribution in [3.05, 3.63) is 34.9 Å². The average molecular weight is 268 g/mol. The molecule has 0 N–H and O–H groups in total. The first-order valence-electron chi connectivity index (χ1n) is 8.83. The first-order valence-corrected chi connectivity index (χ1v) is 8.83. The molecular formula is C20H28. The molecule has 4 unspecified atom stereocenters. The fourth-order valence-electron chi connectivity index (χ4n) is 5.85. The number of aryl methyl sites for hydroxylation is 2. The molecule has 0 radical (unpaired) electrons. The summed E-state index contributed by atoms with van der Waals surface area (Å²) in [4.78, 5) is 0. The third-order valence-corrected chi connectivity index (χ3v) is 6.98. The van der Waals surface area contributed by atoms with Crippen LogP contribution in [-0.4, -0.2) is 0 Å². The monoisotopic (exact) mass is 268 g/mol. The largest absolute Gasteiger partial charge is 0.0613 e. The number of fused-ring (bicyclic) bond motifs is 5. The van der Waals surface area contributed by atoms with Crippen molar-refractivity contribution in [2.24, 2.45) is 17.3 Å². The molecule has 4 rings (SSSR count). The fourth-order valence-corrected chi connectivity index (χ4v) is 5.85. The Balaban J connectivity index is 1.69. The SMILES string of the molecule is CCc1ccc2c(c1)CCC1C2CCC2(C)CCCC12. The molecule has 0 amide bonds. The summed E-state index contributed by atoms with van der Waals surface area (Å²) in [6, 6.07) is 7.39. The second-order valence-electron chi connectivity index (χ2n) is 7.89. The third-order valence-electron chi connectivity index (χ3n) is 6.98. The second kappa shape index (κ2) is 4.61. The van der Waals surface area contributed by atoms with Gasteiger partial charge in [-0.05, 0) is 84.8 Å². The van der Waals surface area contributed by atoms with Gasteiger partial charge in [-0.2, -0.15) is 0 Å². The van der Waals surface area contributed by atoms with E-state index < -0.39 is 0 Å². The van der Waals surface area contributed by atoms with E-state index in [4.69, 9.17) is 0 Å². The minimum atomic E-state index is 0.696. The van der Waals surface area contributed by atoms with Crippen LogP contribution in [0.2, 0.25) is 0 Å². The van der Waals surface area contributed by atoms with Gasteiger partial charge >= 0.3 is 0 Å². The van der Waals surface area contributed by atoms with Gasteiger partial charge in [-0.3, -0.25) is 0 Å². The lowest BCUT2D eigenvalue weighted by Crippen LogP contribution is -2.39. The second-order valence-corrected chi connectivity index (χ2v) is 7.89. The van der Waals surface area contributed by atoms with Gasteiger partial charge in [-0.25, -0.2) is 0 Å². The molecule has 3 aliphatic carbocycles. The molecule has 20 heavy (non-hydrogen) atoms. The van der Waals surface area contributed by atoms with Crippen molar-refractivity contribution in [3.8, 4) is 0 Å². The van der Waals surface area contributed by atoms with Crippen LogP contribution in [0.3, 0.4) is 0 Å². The van der Waals surface area contributed by atoms with E-state index >= 15 is 0 Å². The van der Waals surface area contributed by atoms with Gasteiger partial charge in [-0.1, -0.05) is 38.5 Å². The van der Waals surface area contributed by atoms with Crippen molar-refractivity contribution in [1.82, 2.24) is 0 Å². The predicted octanol–water partition coefficient (Wildman–Crippen LogP) is 5.50. The van der Waals surface area contributed by atoms with E-state index in [1.54, 1.807) is 11.1 Å². The Hall–Kier alpha value is -0.780. The standard InChI is InChI=1S/C20H28/c1-3-14-6-8-16-15(13-14)7-9-18-17(16)10-12-20(2)11-4-5-19(18)20/h6,8,13,17-19H,3-5,7,9-12H2,1-2H3. The molecule has 4 atom stereocenters. The highest BCUT2D eigenvalue weighted by Gasteiger charge is 2.49. The van der Waals surface area contributed by atoms with E-state index in [1.807, 2.05) is 0 Å². The molecule has 1 aromatic rings. The smallest absolute Gasteiger partial charge is 0.0128 e. The van der Waals surface area contributed by atoms with Crippen molar-refractivity contribution in [2.45, 2.75) is 71.1 Å². The number of hydrogen-bond donors (Lipinski definition) is 0. The molecular weight excluding hydrogens is 240 g/mol. The summed E-state index contributed by atoms with van der Waals surface area (Å²) in [5, 5.41) is 0. The first kappa shape index (κ1) is 12.9. The Bertz CT molecular complexity index is 515. The van der Waals surface area contributed by atoms with Gasteiger partial charge in [0.2, 0.25) is 0 Å². The van der Waals surface area contributed by atoms with Crippen LogP contribution in [0.25, 0.3) is 0 Å². The Kier molecular flexibility index (Phi) is 2.98. The normalized spacial score (nSPS) is 39.0. The van der Waals surface area contributed by atoms with Crippen LogP contribution < -0.4 is 0 Å². The highest BCUT2D eigenvalue weighted by atomic mass is 14.5. The van der Waals surface area contributed by atoms with Crippen LogP contribution in [-0.2, 0) is 12.8 Å². The van der Waals surface area contributed by atoms with E-state index in [0.29, 0.717) is 5.41 Å².